The first-order chi connectivity index (χ1) is 14.3. The molecule has 3 nitrogen and oxygen atoms in total. The van der Waals surface area contributed by atoms with Crippen LogP contribution in [0.1, 0.15) is 48.1 Å². The van der Waals surface area contributed by atoms with Crippen LogP contribution in [0, 0.1) is 5.92 Å². The van der Waals surface area contributed by atoms with Gasteiger partial charge < -0.3 is 9.84 Å². The van der Waals surface area contributed by atoms with Crippen LogP contribution in [0.3, 0.4) is 0 Å². The molecule has 1 aliphatic rings. The lowest BCUT2D eigenvalue weighted by molar-refractivity contribution is -0.149. The minimum Gasteiger partial charge on any atom is -0.481 e. The van der Waals surface area contributed by atoms with Crippen molar-refractivity contribution in [3.8, 4) is 0 Å². The molecule has 1 atom stereocenters. The normalized spacial score (nSPS) is 22.6. The first-order valence-electron chi connectivity index (χ1n) is 9.51. The summed E-state index contributed by atoms with van der Waals surface area (Å²) in [5.41, 5.74) is -2.90. The van der Waals surface area contributed by atoms with E-state index in [1.165, 1.54) is 6.92 Å². The van der Waals surface area contributed by atoms with Crippen LogP contribution >= 0.6 is 0 Å². The van der Waals surface area contributed by atoms with Gasteiger partial charge in [-0.15, -0.1) is 0 Å². The minimum atomic E-state index is -4.94. The van der Waals surface area contributed by atoms with Crippen molar-refractivity contribution in [2.45, 2.75) is 43.6 Å². The maximum atomic E-state index is 13.1. The molecule has 0 saturated heterocycles. The zero-order valence-corrected chi connectivity index (χ0v) is 16.4. The van der Waals surface area contributed by atoms with Gasteiger partial charge in [0.15, 0.2) is 0 Å². The van der Waals surface area contributed by atoms with Gasteiger partial charge in [0.05, 0.1) is 29.8 Å². The summed E-state index contributed by atoms with van der Waals surface area (Å²) >= 11 is 0. The van der Waals surface area contributed by atoms with Gasteiger partial charge in [-0.25, -0.2) is 0 Å². The molecule has 1 aliphatic carbocycles. The van der Waals surface area contributed by atoms with Crippen LogP contribution in [-0.4, -0.2) is 17.7 Å². The molecule has 0 amide bonds. The Kier molecular flexibility index (Phi) is 6.10. The Hall–Kier alpha value is -2.55. The van der Waals surface area contributed by atoms with Crippen molar-refractivity contribution in [2.75, 3.05) is 6.61 Å². The third kappa shape index (κ3) is 5.03. The molecule has 1 saturated carbocycles. The third-order valence-electron chi connectivity index (χ3n) is 5.70. The highest BCUT2D eigenvalue weighted by Gasteiger charge is 2.49. The van der Waals surface area contributed by atoms with E-state index >= 15 is 0 Å². The number of carboxylic acid groups (broad SMARTS) is 1. The van der Waals surface area contributed by atoms with Gasteiger partial charge in [-0.1, -0.05) is 30.3 Å². The molecule has 0 radical (unpaired) electrons. The number of carbonyl (C=O) groups is 1. The van der Waals surface area contributed by atoms with Gasteiger partial charge in [0, 0.05) is 5.41 Å². The molecule has 2 aromatic rings. The summed E-state index contributed by atoms with van der Waals surface area (Å²) < 4.78 is 84.4. The molecule has 0 aliphatic heterocycles. The highest BCUT2D eigenvalue weighted by atomic mass is 19.4. The Morgan fingerprint density at radius 3 is 2.00 bits per heavy atom. The molecule has 0 unspecified atom stereocenters. The molecule has 3 rings (SSSR count). The van der Waals surface area contributed by atoms with Crippen molar-refractivity contribution in [2.24, 2.45) is 5.92 Å². The summed E-state index contributed by atoms with van der Waals surface area (Å²) in [6.07, 6.45) is -10.4. The molecule has 1 N–H and O–H groups in total. The second-order valence-electron chi connectivity index (χ2n) is 7.88. The van der Waals surface area contributed by atoms with E-state index in [9.17, 15) is 36.2 Å². The Labute approximate surface area is 174 Å². The number of rotatable bonds is 6. The first kappa shape index (κ1) is 23.1. The molecule has 168 valence electrons. The number of ether oxygens (including phenoxy) is 1. The van der Waals surface area contributed by atoms with Crippen LogP contribution < -0.4 is 0 Å². The van der Waals surface area contributed by atoms with E-state index in [4.69, 9.17) is 4.74 Å². The lowest BCUT2D eigenvalue weighted by Gasteiger charge is -2.46. The average Bonchev–Trinajstić information content (AvgIpc) is 2.65. The van der Waals surface area contributed by atoms with Gasteiger partial charge in [-0.2, -0.15) is 26.3 Å². The Morgan fingerprint density at radius 1 is 1.03 bits per heavy atom. The quantitative estimate of drug-likeness (QED) is 0.535. The summed E-state index contributed by atoms with van der Waals surface area (Å²) in [6, 6.07) is 10.3. The number of benzene rings is 2. The Balaban J connectivity index is 1.85. The van der Waals surface area contributed by atoms with Crippen LogP contribution in [-0.2, 0) is 27.3 Å². The average molecular weight is 446 g/mol. The number of halogens is 6. The number of carboxylic acids is 1. The van der Waals surface area contributed by atoms with Gasteiger partial charge in [0.2, 0.25) is 0 Å². The van der Waals surface area contributed by atoms with E-state index in [2.05, 4.69) is 0 Å². The van der Waals surface area contributed by atoms with Gasteiger partial charge in [-0.05, 0) is 49.1 Å². The van der Waals surface area contributed by atoms with E-state index in [1.807, 2.05) is 0 Å². The van der Waals surface area contributed by atoms with Crippen LogP contribution in [0.25, 0.3) is 0 Å². The molecule has 0 spiro atoms. The maximum absolute atomic E-state index is 13.1. The second-order valence-corrected chi connectivity index (χ2v) is 7.88. The van der Waals surface area contributed by atoms with E-state index < -0.39 is 46.9 Å². The fourth-order valence-electron chi connectivity index (χ4n) is 3.88. The van der Waals surface area contributed by atoms with Gasteiger partial charge in [0.25, 0.3) is 0 Å². The molecule has 0 aromatic heterocycles. The van der Waals surface area contributed by atoms with E-state index in [0.29, 0.717) is 12.1 Å². The summed E-state index contributed by atoms with van der Waals surface area (Å²) in [6.45, 7) is 1.35. The molecule has 1 fully saturated rings. The van der Waals surface area contributed by atoms with E-state index in [-0.39, 0.29) is 31.1 Å². The smallest absolute Gasteiger partial charge is 0.416 e. The fourth-order valence-corrected chi connectivity index (χ4v) is 3.88. The molecular formula is C22H20F6O3. The summed E-state index contributed by atoms with van der Waals surface area (Å²) in [5, 5.41) is 9.23. The molecule has 0 heterocycles. The van der Waals surface area contributed by atoms with Crippen LogP contribution in [0.2, 0.25) is 0 Å². The summed E-state index contributed by atoms with van der Waals surface area (Å²) in [4.78, 5) is 11.3. The van der Waals surface area contributed by atoms with Crippen molar-refractivity contribution in [1.29, 1.82) is 0 Å². The zero-order valence-electron chi connectivity index (χ0n) is 16.4. The number of hydrogen-bond donors (Lipinski definition) is 1. The molecular weight excluding hydrogens is 426 g/mol. The van der Waals surface area contributed by atoms with Gasteiger partial charge in [-0.3, -0.25) is 4.79 Å². The van der Waals surface area contributed by atoms with Crippen LogP contribution in [0.5, 0.6) is 0 Å². The van der Waals surface area contributed by atoms with E-state index in [1.54, 1.807) is 30.3 Å². The summed E-state index contributed by atoms with van der Waals surface area (Å²) in [7, 11) is 0. The largest absolute Gasteiger partial charge is 0.481 e. The molecule has 31 heavy (non-hydrogen) atoms. The standard InChI is InChI=1S/C22H20F6O3/c1-13(14-7-17(21(23,24)25)9-18(8-14)22(26,27)28)31-12-20(10-15(11-20)19(29)30)16-5-3-2-4-6-16/h2-9,13,15H,10-12H2,1H3,(H,29,30)/t13-,15?,20?/m1/s1. The monoisotopic (exact) mass is 446 g/mol. The molecule has 0 bridgehead atoms. The number of alkyl halides is 6. The maximum Gasteiger partial charge on any atom is 0.416 e. The molecule has 2 aromatic carbocycles. The zero-order chi connectivity index (χ0) is 23.0. The lowest BCUT2D eigenvalue weighted by Crippen LogP contribution is -2.48. The second kappa shape index (κ2) is 8.18. The van der Waals surface area contributed by atoms with Crippen molar-refractivity contribution >= 4 is 5.97 Å². The third-order valence-corrected chi connectivity index (χ3v) is 5.70. The van der Waals surface area contributed by atoms with Crippen molar-refractivity contribution < 1.29 is 41.0 Å². The topological polar surface area (TPSA) is 46.5 Å². The van der Waals surface area contributed by atoms with Crippen molar-refractivity contribution in [3.05, 3.63) is 70.8 Å². The molecule has 9 heteroatoms. The van der Waals surface area contributed by atoms with Gasteiger partial charge >= 0.3 is 18.3 Å². The van der Waals surface area contributed by atoms with Crippen LogP contribution in [0.4, 0.5) is 26.3 Å². The minimum absolute atomic E-state index is 0.0282. The van der Waals surface area contributed by atoms with E-state index in [0.717, 1.165) is 5.56 Å². The summed E-state index contributed by atoms with van der Waals surface area (Å²) in [5.74, 6) is -1.53. The predicted molar refractivity (Wildman–Crippen MR) is 99.3 cm³/mol. The fraction of sp³-hybridized carbons (Fsp3) is 0.409. The Morgan fingerprint density at radius 2 is 1.55 bits per heavy atom. The number of hydrogen-bond acceptors (Lipinski definition) is 2. The van der Waals surface area contributed by atoms with Gasteiger partial charge in [0.1, 0.15) is 0 Å². The first-order valence-corrected chi connectivity index (χ1v) is 9.51. The van der Waals surface area contributed by atoms with Crippen molar-refractivity contribution in [1.82, 2.24) is 0 Å². The number of aliphatic carboxylic acids is 1. The SMILES string of the molecule is C[C@@H](OCC1(c2ccccc2)CC(C(=O)O)C1)c1cc(C(F)(F)F)cc(C(F)(F)F)c1. The van der Waals surface area contributed by atoms with Crippen LogP contribution in [0.15, 0.2) is 48.5 Å². The highest BCUT2D eigenvalue weighted by molar-refractivity contribution is 5.72. The predicted octanol–water partition coefficient (Wildman–Crippen LogP) is 6.23. The Bertz CT molecular complexity index is 898. The lowest BCUT2D eigenvalue weighted by atomic mass is 9.59. The van der Waals surface area contributed by atoms with Crippen molar-refractivity contribution in [3.63, 3.8) is 0 Å². The highest BCUT2D eigenvalue weighted by Crippen LogP contribution is 2.49.